The Labute approximate surface area is 96.8 Å². The van der Waals surface area contributed by atoms with E-state index in [4.69, 9.17) is 10.00 Å². The molecule has 78 valence electrons. The van der Waals surface area contributed by atoms with Crippen LogP contribution in [0.4, 0.5) is 0 Å². The first-order chi connectivity index (χ1) is 7.10. The van der Waals surface area contributed by atoms with Crippen LogP contribution in [0, 0.1) is 18.3 Å². The molecule has 0 aliphatic rings. The summed E-state index contributed by atoms with van der Waals surface area (Å²) in [4.78, 5) is 11.5. The molecule has 1 aromatic rings. The van der Waals surface area contributed by atoms with E-state index in [1.54, 1.807) is 13.0 Å². The summed E-state index contributed by atoms with van der Waals surface area (Å²) < 4.78 is 5.52. The molecule has 0 aliphatic carbocycles. The summed E-state index contributed by atoms with van der Waals surface area (Å²) in [6.07, 6.45) is 0. The van der Waals surface area contributed by atoms with Gasteiger partial charge in [0.15, 0.2) is 0 Å². The molecule has 0 spiro atoms. The average molecular weight is 268 g/mol. The molecule has 4 heteroatoms. The fraction of sp³-hybridized carbons (Fsp3) is 0.273. The molecule has 0 fully saturated rings. The zero-order valence-electron chi connectivity index (χ0n) is 8.50. The third-order valence-corrected chi connectivity index (χ3v) is 2.59. The van der Waals surface area contributed by atoms with Gasteiger partial charge in [0, 0.05) is 4.47 Å². The molecular weight excluding hydrogens is 258 g/mol. The van der Waals surface area contributed by atoms with Crippen LogP contribution in [0.3, 0.4) is 0 Å². The van der Waals surface area contributed by atoms with Crippen LogP contribution >= 0.6 is 15.9 Å². The van der Waals surface area contributed by atoms with Crippen molar-refractivity contribution in [2.24, 2.45) is 0 Å². The highest BCUT2D eigenvalue weighted by atomic mass is 79.9. The molecule has 0 bridgehead atoms. The maximum absolute atomic E-state index is 11.5. The minimum Gasteiger partial charge on any atom is -0.462 e. The number of carbonyl (C=O) groups excluding carboxylic acids is 1. The van der Waals surface area contributed by atoms with E-state index in [-0.39, 0.29) is 0 Å². The Hall–Kier alpha value is -1.34. The molecule has 0 heterocycles. The predicted molar refractivity (Wildman–Crippen MR) is 59.6 cm³/mol. The number of ether oxygens (including phenoxy) is 1. The van der Waals surface area contributed by atoms with Crippen molar-refractivity contribution < 1.29 is 9.53 Å². The van der Waals surface area contributed by atoms with Gasteiger partial charge in [0.2, 0.25) is 0 Å². The second-order valence-electron chi connectivity index (χ2n) is 2.98. The first kappa shape index (κ1) is 11.7. The first-order valence-electron chi connectivity index (χ1n) is 4.47. The maximum atomic E-state index is 11.5. The van der Waals surface area contributed by atoms with Crippen LogP contribution in [0.2, 0.25) is 0 Å². The normalized spacial score (nSPS) is 9.47. The van der Waals surface area contributed by atoms with Crippen molar-refractivity contribution in [2.45, 2.75) is 13.8 Å². The fourth-order valence-electron chi connectivity index (χ4n) is 1.16. The zero-order chi connectivity index (χ0) is 11.4. The Morgan fingerprint density at radius 3 is 2.80 bits per heavy atom. The summed E-state index contributed by atoms with van der Waals surface area (Å²) in [6, 6.07) is 5.31. The summed E-state index contributed by atoms with van der Waals surface area (Å²) in [7, 11) is 0. The van der Waals surface area contributed by atoms with E-state index >= 15 is 0 Å². The molecule has 0 saturated heterocycles. The van der Waals surface area contributed by atoms with E-state index in [0.717, 1.165) is 5.56 Å². The number of hydrogen-bond donors (Lipinski definition) is 0. The number of carbonyl (C=O) groups is 1. The van der Waals surface area contributed by atoms with Gasteiger partial charge in [-0.1, -0.05) is 0 Å². The van der Waals surface area contributed by atoms with Crippen molar-refractivity contribution in [1.29, 1.82) is 5.26 Å². The molecule has 0 amide bonds. The molecule has 1 rings (SSSR count). The zero-order valence-corrected chi connectivity index (χ0v) is 10.1. The summed E-state index contributed by atoms with van der Waals surface area (Å²) in [5.41, 5.74) is 1.71. The molecule has 0 unspecified atom stereocenters. The lowest BCUT2D eigenvalue weighted by Crippen LogP contribution is -2.06. The van der Waals surface area contributed by atoms with Crippen LogP contribution in [0.15, 0.2) is 16.6 Å². The number of nitrogens with zero attached hydrogens (tertiary/aromatic N) is 1. The molecule has 0 atom stereocenters. The summed E-state index contributed by atoms with van der Waals surface area (Å²) in [5, 5.41) is 8.83. The number of halogens is 1. The minimum atomic E-state index is -0.416. The van der Waals surface area contributed by atoms with Crippen LogP contribution in [0.25, 0.3) is 0 Å². The predicted octanol–water partition coefficient (Wildman–Crippen LogP) is 2.81. The van der Waals surface area contributed by atoms with Crippen LogP contribution in [0.1, 0.15) is 28.4 Å². The van der Waals surface area contributed by atoms with Crippen molar-refractivity contribution in [3.05, 3.63) is 33.3 Å². The maximum Gasteiger partial charge on any atom is 0.339 e. The second-order valence-corrected chi connectivity index (χ2v) is 3.83. The molecule has 0 radical (unpaired) electrons. The fourth-order valence-corrected chi connectivity index (χ4v) is 1.78. The molecule has 0 N–H and O–H groups in total. The largest absolute Gasteiger partial charge is 0.462 e. The van der Waals surface area contributed by atoms with Gasteiger partial charge in [-0.15, -0.1) is 0 Å². The second kappa shape index (κ2) is 4.94. The van der Waals surface area contributed by atoms with Crippen LogP contribution < -0.4 is 0 Å². The lowest BCUT2D eigenvalue weighted by molar-refractivity contribution is 0.0525. The smallest absolute Gasteiger partial charge is 0.339 e. The quantitative estimate of drug-likeness (QED) is 0.775. The van der Waals surface area contributed by atoms with Gasteiger partial charge in [-0.25, -0.2) is 4.79 Å². The third-order valence-electron chi connectivity index (χ3n) is 1.93. The van der Waals surface area contributed by atoms with Gasteiger partial charge in [0.1, 0.15) is 0 Å². The number of nitriles is 1. The van der Waals surface area contributed by atoms with Crippen molar-refractivity contribution in [1.82, 2.24) is 0 Å². The molecular formula is C11H10BrNO2. The Balaban J connectivity index is 3.20. The summed E-state index contributed by atoms with van der Waals surface area (Å²) >= 11 is 3.27. The Kier molecular flexibility index (Phi) is 3.87. The van der Waals surface area contributed by atoms with Crippen LogP contribution in [-0.2, 0) is 4.74 Å². The van der Waals surface area contributed by atoms with Gasteiger partial charge >= 0.3 is 5.97 Å². The van der Waals surface area contributed by atoms with Crippen LogP contribution in [0.5, 0.6) is 0 Å². The third kappa shape index (κ3) is 2.57. The molecule has 0 aromatic heterocycles. The highest BCUT2D eigenvalue weighted by Crippen LogP contribution is 2.22. The minimum absolute atomic E-state index is 0.320. The van der Waals surface area contributed by atoms with E-state index in [0.29, 0.717) is 22.2 Å². The number of esters is 1. The van der Waals surface area contributed by atoms with Crippen LogP contribution in [-0.4, -0.2) is 12.6 Å². The highest BCUT2D eigenvalue weighted by Gasteiger charge is 2.13. The van der Waals surface area contributed by atoms with Gasteiger partial charge in [0.25, 0.3) is 0 Å². The number of rotatable bonds is 2. The molecule has 0 saturated carbocycles. The van der Waals surface area contributed by atoms with E-state index < -0.39 is 5.97 Å². The summed E-state index contributed by atoms with van der Waals surface area (Å²) in [6.45, 7) is 3.88. The van der Waals surface area contributed by atoms with Crippen molar-refractivity contribution in [3.63, 3.8) is 0 Å². The van der Waals surface area contributed by atoms with Crippen molar-refractivity contribution in [3.8, 4) is 6.07 Å². The molecule has 0 aliphatic heterocycles. The summed E-state index contributed by atoms with van der Waals surface area (Å²) in [5.74, 6) is -0.416. The highest BCUT2D eigenvalue weighted by molar-refractivity contribution is 9.10. The van der Waals surface area contributed by atoms with Crippen molar-refractivity contribution in [2.75, 3.05) is 6.61 Å². The van der Waals surface area contributed by atoms with E-state index in [9.17, 15) is 4.79 Å². The molecule has 1 aromatic carbocycles. The molecule has 3 nitrogen and oxygen atoms in total. The monoisotopic (exact) mass is 267 g/mol. The average Bonchev–Trinajstić information content (AvgIpc) is 2.18. The first-order valence-corrected chi connectivity index (χ1v) is 5.26. The SMILES string of the molecule is CCOC(=O)c1cc(C#N)c(C)cc1Br. The van der Waals surface area contributed by atoms with E-state index in [2.05, 4.69) is 15.9 Å². The Morgan fingerprint density at radius 1 is 1.60 bits per heavy atom. The van der Waals surface area contributed by atoms with Gasteiger partial charge in [-0.3, -0.25) is 0 Å². The lowest BCUT2D eigenvalue weighted by atomic mass is 10.1. The Morgan fingerprint density at radius 2 is 2.27 bits per heavy atom. The van der Waals surface area contributed by atoms with E-state index in [1.807, 2.05) is 13.0 Å². The Bertz CT molecular complexity index is 435. The number of benzene rings is 1. The standard InChI is InChI=1S/C11H10BrNO2/c1-3-15-11(14)9-5-8(6-13)7(2)4-10(9)12/h4-5H,3H2,1-2H3. The lowest BCUT2D eigenvalue weighted by Gasteiger charge is -2.06. The van der Waals surface area contributed by atoms with Gasteiger partial charge < -0.3 is 4.74 Å². The molecule has 15 heavy (non-hydrogen) atoms. The van der Waals surface area contributed by atoms with Gasteiger partial charge in [0.05, 0.1) is 23.8 Å². The van der Waals surface area contributed by atoms with Crippen molar-refractivity contribution >= 4 is 21.9 Å². The van der Waals surface area contributed by atoms with E-state index in [1.165, 1.54) is 6.07 Å². The number of hydrogen-bond acceptors (Lipinski definition) is 3. The van der Waals surface area contributed by atoms with Gasteiger partial charge in [-0.2, -0.15) is 5.26 Å². The topological polar surface area (TPSA) is 50.1 Å². The number of aryl methyl sites for hydroxylation is 1. The van der Waals surface area contributed by atoms with Gasteiger partial charge in [-0.05, 0) is 47.5 Å².